The topological polar surface area (TPSA) is 3.24 Å². The van der Waals surface area contributed by atoms with Crippen LogP contribution in [0.1, 0.15) is 31.9 Å². The van der Waals surface area contributed by atoms with E-state index in [2.05, 4.69) is 75.2 Å². The average Bonchev–Trinajstić information content (AvgIpc) is 2.37. The third-order valence-corrected chi connectivity index (χ3v) is 3.98. The number of para-hydroxylation sites is 1. The Kier molecular flexibility index (Phi) is 2.67. The highest BCUT2D eigenvalue weighted by atomic mass is 15.1. The minimum Gasteiger partial charge on any atom is -0.370 e. The molecule has 1 heteroatoms. The smallest absolute Gasteiger partial charge is 0.0446 e. The van der Waals surface area contributed by atoms with Crippen molar-refractivity contribution < 1.29 is 0 Å². The molecular formula is C18H21N. The van der Waals surface area contributed by atoms with Crippen molar-refractivity contribution in [1.29, 1.82) is 0 Å². The van der Waals surface area contributed by atoms with Gasteiger partial charge in [-0.15, -0.1) is 0 Å². The zero-order valence-electron chi connectivity index (χ0n) is 12.2. The minimum atomic E-state index is 0.213. The molecule has 1 nitrogen and oxygen atoms in total. The van der Waals surface area contributed by atoms with E-state index < -0.39 is 0 Å². The second-order valence-corrected chi connectivity index (χ2v) is 6.50. The summed E-state index contributed by atoms with van der Waals surface area (Å²) in [7, 11) is 2.17. The van der Waals surface area contributed by atoms with Crippen molar-refractivity contribution in [2.24, 2.45) is 0 Å². The van der Waals surface area contributed by atoms with Crippen LogP contribution in [-0.4, -0.2) is 7.05 Å². The minimum absolute atomic E-state index is 0.213. The van der Waals surface area contributed by atoms with Gasteiger partial charge in [0.1, 0.15) is 0 Å². The zero-order chi connectivity index (χ0) is 13.6. The Bertz CT molecular complexity index is 620. The largest absolute Gasteiger partial charge is 0.370 e. The van der Waals surface area contributed by atoms with Gasteiger partial charge in [0.2, 0.25) is 0 Å². The summed E-state index contributed by atoms with van der Waals surface area (Å²) in [5.74, 6) is 0. The molecule has 19 heavy (non-hydrogen) atoms. The van der Waals surface area contributed by atoms with E-state index in [0.717, 1.165) is 6.54 Å². The lowest BCUT2D eigenvalue weighted by Gasteiger charge is -2.31. The van der Waals surface area contributed by atoms with Crippen LogP contribution in [0.15, 0.2) is 42.5 Å². The molecule has 1 aliphatic rings. The number of rotatable bonds is 0. The average molecular weight is 251 g/mol. The number of benzene rings is 2. The Morgan fingerprint density at radius 1 is 0.947 bits per heavy atom. The van der Waals surface area contributed by atoms with E-state index in [1.165, 1.54) is 27.9 Å². The summed E-state index contributed by atoms with van der Waals surface area (Å²) in [6.45, 7) is 7.82. The highest BCUT2D eigenvalue weighted by Crippen LogP contribution is 2.39. The fourth-order valence-corrected chi connectivity index (χ4v) is 2.83. The molecule has 0 unspecified atom stereocenters. The second-order valence-electron chi connectivity index (χ2n) is 6.50. The van der Waals surface area contributed by atoms with Gasteiger partial charge in [0.05, 0.1) is 0 Å². The van der Waals surface area contributed by atoms with Gasteiger partial charge in [-0.05, 0) is 28.2 Å². The molecule has 2 aromatic rings. The predicted molar refractivity (Wildman–Crippen MR) is 82.7 cm³/mol. The van der Waals surface area contributed by atoms with E-state index >= 15 is 0 Å². The molecule has 0 aliphatic carbocycles. The van der Waals surface area contributed by atoms with Gasteiger partial charge in [0.15, 0.2) is 0 Å². The number of hydrogen-bond donors (Lipinski definition) is 0. The Morgan fingerprint density at radius 2 is 1.68 bits per heavy atom. The fraction of sp³-hybridized carbons (Fsp3) is 0.333. The molecule has 0 N–H and O–H groups in total. The van der Waals surface area contributed by atoms with Gasteiger partial charge in [-0.25, -0.2) is 0 Å². The summed E-state index contributed by atoms with van der Waals surface area (Å²) in [5.41, 5.74) is 7.14. The van der Waals surface area contributed by atoms with E-state index in [1.807, 2.05) is 0 Å². The lowest BCUT2D eigenvalue weighted by atomic mass is 9.83. The third kappa shape index (κ3) is 2.03. The first kappa shape index (κ1) is 12.3. The summed E-state index contributed by atoms with van der Waals surface area (Å²) in [5, 5.41) is 0. The van der Waals surface area contributed by atoms with Crippen LogP contribution in [0.25, 0.3) is 11.1 Å². The van der Waals surface area contributed by atoms with Crippen molar-refractivity contribution in [2.75, 3.05) is 11.9 Å². The van der Waals surface area contributed by atoms with Gasteiger partial charge >= 0.3 is 0 Å². The van der Waals surface area contributed by atoms with Crippen molar-refractivity contribution in [3.05, 3.63) is 53.6 Å². The van der Waals surface area contributed by atoms with Gasteiger partial charge in [-0.2, -0.15) is 0 Å². The standard InChI is InChI=1S/C18H21N/c1-18(2,3)14-9-10-15-13(11-14)12-19(4)17-8-6-5-7-16(15)17/h5-11H,12H2,1-4H3. The Balaban J connectivity index is 2.18. The van der Waals surface area contributed by atoms with Crippen LogP contribution < -0.4 is 4.90 Å². The SMILES string of the molecule is CN1Cc2cc(C(C)(C)C)ccc2-c2ccccc21. The second kappa shape index (κ2) is 4.12. The molecule has 0 fully saturated rings. The van der Waals surface area contributed by atoms with Gasteiger partial charge in [-0.3, -0.25) is 0 Å². The Labute approximate surface area is 115 Å². The number of hydrogen-bond acceptors (Lipinski definition) is 1. The van der Waals surface area contributed by atoms with Crippen molar-refractivity contribution in [3.63, 3.8) is 0 Å². The molecular weight excluding hydrogens is 230 g/mol. The maximum atomic E-state index is 2.38. The first-order valence-corrected chi connectivity index (χ1v) is 6.91. The van der Waals surface area contributed by atoms with E-state index in [-0.39, 0.29) is 5.41 Å². The van der Waals surface area contributed by atoms with Gasteiger partial charge in [0.25, 0.3) is 0 Å². The lowest BCUT2D eigenvalue weighted by Crippen LogP contribution is -2.22. The van der Waals surface area contributed by atoms with Crippen molar-refractivity contribution >= 4 is 5.69 Å². The third-order valence-electron chi connectivity index (χ3n) is 3.98. The van der Waals surface area contributed by atoms with Crippen molar-refractivity contribution in [2.45, 2.75) is 32.7 Å². The molecule has 1 heterocycles. The van der Waals surface area contributed by atoms with E-state index in [1.54, 1.807) is 0 Å². The van der Waals surface area contributed by atoms with Crippen LogP contribution in [0.5, 0.6) is 0 Å². The fourth-order valence-electron chi connectivity index (χ4n) is 2.83. The summed E-state index contributed by atoms with van der Waals surface area (Å²) in [6, 6.07) is 15.6. The molecule has 0 atom stereocenters. The summed E-state index contributed by atoms with van der Waals surface area (Å²) in [4.78, 5) is 2.34. The molecule has 3 rings (SSSR count). The molecule has 98 valence electrons. The van der Waals surface area contributed by atoms with Crippen LogP contribution in [0.2, 0.25) is 0 Å². The molecule has 0 amide bonds. The van der Waals surface area contributed by atoms with Crippen molar-refractivity contribution in [3.8, 4) is 11.1 Å². The highest BCUT2D eigenvalue weighted by molar-refractivity contribution is 5.83. The molecule has 0 aromatic heterocycles. The normalized spacial score (nSPS) is 14.0. The van der Waals surface area contributed by atoms with E-state index in [4.69, 9.17) is 0 Å². The molecule has 0 saturated heterocycles. The van der Waals surface area contributed by atoms with Crippen LogP contribution in [-0.2, 0) is 12.0 Å². The van der Waals surface area contributed by atoms with E-state index in [0.29, 0.717) is 0 Å². The van der Waals surface area contributed by atoms with Crippen LogP contribution in [0.3, 0.4) is 0 Å². The Hall–Kier alpha value is -1.76. The number of anilines is 1. The summed E-state index contributed by atoms with van der Waals surface area (Å²) >= 11 is 0. The quantitative estimate of drug-likeness (QED) is 0.661. The molecule has 0 bridgehead atoms. The van der Waals surface area contributed by atoms with Crippen LogP contribution in [0, 0.1) is 0 Å². The molecule has 0 spiro atoms. The van der Waals surface area contributed by atoms with Crippen LogP contribution >= 0.6 is 0 Å². The maximum absolute atomic E-state index is 2.38. The summed E-state index contributed by atoms with van der Waals surface area (Å²) in [6.07, 6.45) is 0. The van der Waals surface area contributed by atoms with E-state index in [9.17, 15) is 0 Å². The molecule has 2 aromatic carbocycles. The Morgan fingerprint density at radius 3 is 2.42 bits per heavy atom. The first-order valence-electron chi connectivity index (χ1n) is 6.91. The van der Waals surface area contributed by atoms with Crippen molar-refractivity contribution in [1.82, 2.24) is 0 Å². The molecule has 1 aliphatic heterocycles. The maximum Gasteiger partial charge on any atom is 0.0446 e. The summed E-state index contributed by atoms with van der Waals surface area (Å²) < 4.78 is 0. The van der Waals surface area contributed by atoms with Gasteiger partial charge < -0.3 is 4.90 Å². The number of nitrogens with zero attached hydrogens (tertiary/aromatic N) is 1. The monoisotopic (exact) mass is 251 g/mol. The highest BCUT2D eigenvalue weighted by Gasteiger charge is 2.21. The van der Waals surface area contributed by atoms with Gasteiger partial charge in [0, 0.05) is 24.8 Å². The molecule has 0 radical (unpaired) electrons. The number of fused-ring (bicyclic) bond motifs is 3. The van der Waals surface area contributed by atoms with Gasteiger partial charge in [-0.1, -0.05) is 57.2 Å². The zero-order valence-corrected chi connectivity index (χ0v) is 12.2. The molecule has 0 saturated carbocycles. The predicted octanol–water partition coefficient (Wildman–Crippen LogP) is 4.60. The first-order chi connectivity index (χ1) is 8.97. The lowest BCUT2D eigenvalue weighted by molar-refractivity contribution is 0.589. The van der Waals surface area contributed by atoms with Crippen LogP contribution in [0.4, 0.5) is 5.69 Å².